The highest BCUT2D eigenvalue weighted by molar-refractivity contribution is 5.90. The molecule has 1 aromatic carbocycles. The third kappa shape index (κ3) is 3.97. The molecule has 17 heavy (non-hydrogen) atoms. The van der Waals surface area contributed by atoms with Gasteiger partial charge in [0.2, 0.25) is 0 Å². The fourth-order valence-electron chi connectivity index (χ4n) is 1.28. The maximum Gasteiger partial charge on any atom is 0.392 e. The predicted molar refractivity (Wildman–Crippen MR) is 54.3 cm³/mol. The minimum absolute atomic E-state index is 0.0227. The SMILES string of the molecule is Cc1c(OCCC(F)(F)F)cccc1C(=O)O. The number of aromatic carboxylic acids is 1. The van der Waals surface area contributed by atoms with Crippen molar-refractivity contribution in [2.75, 3.05) is 6.61 Å². The number of rotatable bonds is 4. The summed E-state index contributed by atoms with van der Waals surface area (Å²) in [5, 5.41) is 8.81. The average molecular weight is 248 g/mol. The molecule has 1 aromatic rings. The smallest absolute Gasteiger partial charge is 0.392 e. The molecule has 0 atom stereocenters. The normalized spacial score (nSPS) is 11.3. The highest BCUT2D eigenvalue weighted by Gasteiger charge is 2.27. The lowest BCUT2D eigenvalue weighted by Gasteiger charge is -2.11. The molecular weight excluding hydrogens is 237 g/mol. The second-order valence-electron chi connectivity index (χ2n) is 3.45. The van der Waals surface area contributed by atoms with Crippen molar-refractivity contribution in [1.29, 1.82) is 0 Å². The molecule has 0 fully saturated rings. The van der Waals surface area contributed by atoms with E-state index in [0.29, 0.717) is 5.56 Å². The molecule has 94 valence electrons. The van der Waals surface area contributed by atoms with E-state index < -0.39 is 25.2 Å². The van der Waals surface area contributed by atoms with Crippen LogP contribution in [0, 0.1) is 6.92 Å². The summed E-state index contributed by atoms with van der Waals surface area (Å²) >= 11 is 0. The van der Waals surface area contributed by atoms with E-state index in [1.807, 2.05) is 0 Å². The quantitative estimate of drug-likeness (QED) is 0.890. The van der Waals surface area contributed by atoms with Crippen LogP contribution in [-0.2, 0) is 0 Å². The Balaban J connectivity index is 2.72. The molecule has 0 saturated carbocycles. The zero-order chi connectivity index (χ0) is 13.1. The van der Waals surface area contributed by atoms with Crippen LogP contribution in [0.5, 0.6) is 5.75 Å². The van der Waals surface area contributed by atoms with Crippen LogP contribution in [0.1, 0.15) is 22.3 Å². The van der Waals surface area contributed by atoms with Crippen LogP contribution in [0.3, 0.4) is 0 Å². The van der Waals surface area contributed by atoms with E-state index >= 15 is 0 Å². The largest absolute Gasteiger partial charge is 0.493 e. The average Bonchev–Trinajstić information content (AvgIpc) is 2.18. The molecule has 0 unspecified atom stereocenters. The van der Waals surface area contributed by atoms with Crippen LogP contribution in [0.2, 0.25) is 0 Å². The fraction of sp³-hybridized carbons (Fsp3) is 0.364. The molecule has 6 heteroatoms. The summed E-state index contributed by atoms with van der Waals surface area (Å²) in [6.07, 6.45) is -5.35. The molecule has 0 radical (unpaired) electrons. The maximum absolute atomic E-state index is 11.9. The fourth-order valence-corrected chi connectivity index (χ4v) is 1.28. The van der Waals surface area contributed by atoms with Gasteiger partial charge in [-0.05, 0) is 19.1 Å². The Labute approximate surface area is 95.8 Å². The van der Waals surface area contributed by atoms with Gasteiger partial charge in [-0.2, -0.15) is 13.2 Å². The minimum Gasteiger partial charge on any atom is -0.493 e. The molecule has 0 heterocycles. The zero-order valence-electron chi connectivity index (χ0n) is 9.04. The number of halogens is 3. The Kier molecular flexibility index (Phi) is 3.98. The topological polar surface area (TPSA) is 46.5 Å². The van der Waals surface area contributed by atoms with Gasteiger partial charge in [0.1, 0.15) is 5.75 Å². The van der Waals surface area contributed by atoms with E-state index in [1.165, 1.54) is 25.1 Å². The Morgan fingerprint density at radius 2 is 2.06 bits per heavy atom. The molecule has 3 nitrogen and oxygen atoms in total. The van der Waals surface area contributed by atoms with Crippen molar-refractivity contribution < 1.29 is 27.8 Å². The van der Waals surface area contributed by atoms with Crippen molar-refractivity contribution in [3.05, 3.63) is 29.3 Å². The summed E-state index contributed by atoms with van der Waals surface area (Å²) in [6.45, 7) is 0.972. The van der Waals surface area contributed by atoms with Crippen LogP contribution in [0.25, 0.3) is 0 Å². The van der Waals surface area contributed by atoms with Crippen LogP contribution in [-0.4, -0.2) is 23.9 Å². The maximum atomic E-state index is 11.9. The molecule has 0 bridgehead atoms. The summed E-state index contributed by atoms with van der Waals surface area (Å²) in [4.78, 5) is 10.8. The van der Waals surface area contributed by atoms with E-state index in [0.717, 1.165) is 0 Å². The summed E-state index contributed by atoms with van der Waals surface area (Å²) in [6, 6.07) is 4.24. The first-order valence-corrected chi connectivity index (χ1v) is 4.84. The number of hydrogen-bond acceptors (Lipinski definition) is 2. The molecule has 0 saturated heterocycles. The summed E-state index contributed by atoms with van der Waals surface area (Å²) in [7, 11) is 0. The molecule has 0 aliphatic heterocycles. The molecule has 0 aliphatic rings. The molecule has 0 aromatic heterocycles. The Bertz CT molecular complexity index is 413. The first-order chi connectivity index (χ1) is 7.81. The second kappa shape index (κ2) is 5.07. The van der Waals surface area contributed by atoms with Gasteiger partial charge in [0.15, 0.2) is 0 Å². The second-order valence-corrected chi connectivity index (χ2v) is 3.45. The third-order valence-corrected chi connectivity index (χ3v) is 2.16. The van der Waals surface area contributed by atoms with Gasteiger partial charge in [0.05, 0.1) is 18.6 Å². The standard InChI is InChI=1S/C11H11F3O3/c1-7-8(10(15)16)3-2-4-9(7)17-6-5-11(12,13)14/h2-4H,5-6H2,1H3,(H,15,16). The van der Waals surface area contributed by atoms with Crippen LogP contribution in [0.15, 0.2) is 18.2 Å². The van der Waals surface area contributed by atoms with Gasteiger partial charge in [-0.25, -0.2) is 4.79 Å². The number of ether oxygens (including phenoxy) is 1. The predicted octanol–water partition coefficient (Wildman–Crippen LogP) is 3.02. The first kappa shape index (κ1) is 13.3. The Hall–Kier alpha value is -1.72. The van der Waals surface area contributed by atoms with Crippen molar-refractivity contribution >= 4 is 5.97 Å². The molecule has 0 spiro atoms. The summed E-state index contributed by atoms with van der Waals surface area (Å²) in [5.74, 6) is -0.974. The van der Waals surface area contributed by atoms with Crippen LogP contribution < -0.4 is 4.74 Å². The Morgan fingerprint density at radius 1 is 1.41 bits per heavy atom. The van der Waals surface area contributed by atoms with E-state index in [4.69, 9.17) is 9.84 Å². The van der Waals surface area contributed by atoms with E-state index in [9.17, 15) is 18.0 Å². The number of hydrogen-bond donors (Lipinski definition) is 1. The van der Waals surface area contributed by atoms with E-state index in [-0.39, 0.29) is 11.3 Å². The minimum atomic E-state index is -4.28. The molecular formula is C11H11F3O3. The van der Waals surface area contributed by atoms with Gasteiger partial charge in [-0.15, -0.1) is 0 Å². The number of alkyl halides is 3. The number of carboxylic acids is 1. The summed E-state index contributed by atoms with van der Waals surface area (Å²) < 4.78 is 40.6. The third-order valence-electron chi connectivity index (χ3n) is 2.16. The van der Waals surface area contributed by atoms with Crippen molar-refractivity contribution in [1.82, 2.24) is 0 Å². The van der Waals surface area contributed by atoms with E-state index in [2.05, 4.69) is 0 Å². The van der Waals surface area contributed by atoms with Gasteiger partial charge >= 0.3 is 12.1 Å². The number of benzene rings is 1. The van der Waals surface area contributed by atoms with Gasteiger partial charge < -0.3 is 9.84 Å². The van der Waals surface area contributed by atoms with Crippen molar-refractivity contribution in [2.45, 2.75) is 19.5 Å². The highest BCUT2D eigenvalue weighted by Crippen LogP contribution is 2.24. The lowest BCUT2D eigenvalue weighted by molar-refractivity contribution is -0.139. The zero-order valence-corrected chi connectivity index (χ0v) is 9.04. The molecule has 0 amide bonds. The van der Waals surface area contributed by atoms with Crippen molar-refractivity contribution in [3.8, 4) is 5.75 Å². The summed E-state index contributed by atoms with van der Waals surface area (Å²) in [5.41, 5.74) is 0.344. The van der Waals surface area contributed by atoms with Crippen molar-refractivity contribution in [2.24, 2.45) is 0 Å². The Morgan fingerprint density at radius 3 is 2.59 bits per heavy atom. The highest BCUT2D eigenvalue weighted by atomic mass is 19.4. The van der Waals surface area contributed by atoms with Crippen LogP contribution >= 0.6 is 0 Å². The van der Waals surface area contributed by atoms with Gasteiger partial charge in [0, 0.05) is 5.56 Å². The first-order valence-electron chi connectivity index (χ1n) is 4.84. The van der Waals surface area contributed by atoms with Gasteiger partial charge in [-0.1, -0.05) is 6.07 Å². The monoisotopic (exact) mass is 248 g/mol. The number of carbonyl (C=O) groups is 1. The number of carboxylic acid groups (broad SMARTS) is 1. The lowest BCUT2D eigenvalue weighted by atomic mass is 10.1. The van der Waals surface area contributed by atoms with Gasteiger partial charge in [-0.3, -0.25) is 0 Å². The van der Waals surface area contributed by atoms with Crippen LogP contribution in [0.4, 0.5) is 13.2 Å². The van der Waals surface area contributed by atoms with Gasteiger partial charge in [0.25, 0.3) is 0 Å². The molecule has 1 N–H and O–H groups in total. The lowest BCUT2D eigenvalue weighted by Crippen LogP contribution is -2.13. The molecule has 0 aliphatic carbocycles. The van der Waals surface area contributed by atoms with Crippen molar-refractivity contribution in [3.63, 3.8) is 0 Å². The van der Waals surface area contributed by atoms with E-state index in [1.54, 1.807) is 0 Å². The molecule has 1 rings (SSSR count).